The Morgan fingerprint density at radius 3 is 2.22 bits per heavy atom. The number of carbonyl (C=O) groups is 2. The van der Waals surface area contributed by atoms with E-state index in [1.807, 2.05) is 0 Å². The smallest absolute Gasteiger partial charge is 0.379 e. The fourth-order valence-corrected chi connectivity index (χ4v) is 2.65. The van der Waals surface area contributed by atoms with E-state index in [-0.39, 0.29) is 24.7 Å². The number of hydrogen-bond acceptors (Lipinski definition) is 5. The summed E-state index contributed by atoms with van der Waals surface area (Å²) in [6, 6.07) is 8.08. The monoisotopic (exact) mass is 453 g/mol. The number of anilines is 3. The number of nitro benzene ring substituents is 1. The summed E-state index contributed by atoms with van der Waals surface area (Å²) in [7, 11) is 0. The van der Waals surface area contributed by atoms with E-state index in [0.29, 0.717) is 17.4 Å². The molecule has 0 heterocycles. The highest BCUT2D eigenvalue weighted by Crippen LogP contribution is 2.35. The maximum absolute atomic E-state index is 12.8. The number of hydrogen-bond donors (Lipinski definition) is 4. The molecule has 0 aliphatic rings. The van der Waals surface area contributed by atoms with Crippen LogP contribution in [0.25, 0.3) is 0 Å². The summed E-state index contributed by atoms with van der Waals surface area (Å²) in [5.41, 5.74) is -1.31. The van der Waals surface area contributed by atoms with Crippen LogP contribution in [-0.4, -0.2) is 29.4 Å². The lowest BCUT2D eigenvalue weighted by Gasteiger charge is -2.14. The van der Waals surface area contributed by atoms with Crippen LogP contribution in [-0.2, 0) is 11.0 Å². The summed E-state index contributed by atoms with van der Waals surface area (Å²) in [5, 5.41) is 21.6. The number of nitro groups is 1. The zero-order valence-electron chi connectivity index (χ0n) is 17.2. The fraction of sp³-hybridized carbons (Fsp3) is 0.300. The summed E-state index contributed by atoms with van der Waals surface area (Å²) in [6.07, 6.45) is -4.85. The van der Waals surface area contributed by atoms with Gasteiger partial charge in [-0.25, -0.2) is 4.79 Å². The zero-order valence-corrected chi connectivity index (χ0v) is 17.2. The molecule has 2 aromatic carbocycles. The molecule has 0 aromatic heterocycles. The second-order valence-corrected chi connectivity index (χ2v) is 7.01. The first-order valence-corrected chi connectivity index (χ1v) is 9.53. The van der Waals surface area contributed by atoms with Gasteiger partial charge in [-0.05, 0) is 38.1 Å². The van der Waals surface area contributed by atoms with Crippen LogP contribution in [0.3, 0.4) is 0 Å². The Morgan fingerprint density at radius 1 is 1.03 bits per heavy atom. The SMILES string of the molecule is CC(C)NC(=O)Nc1ccccc1NC(=O)CCNc1ccc(C(F)(F)F)cc1[N+](=O)[O-]. The molecule has 0 spiro atoms. The van der Waals surface area contributed by atoms with Crippen molar-refractivity contribution in [1.82, 2.24) is 5.32 Å². The van der Waals surface area contributed by atoms with E-state index in [9.17, 15) is 32.9 Å². The van der Waals surface area contributed by atoms with Crippen LogP contribution in [0.2, 0.25) is 0 Å². The van der Waals surface area contributed by atoms with Gasteiger partial charge in [0.25, 0.3) is 5.69 Å². The van der Waals surface area contributed by atoms with Gasteiger partial charge in [-0.1, -0.05) is 12.1 Å². The average Bonchev–Trinajstić information content (AvgIpc) is 2.68. The molecule has 9 nitrogen and oxygen atoms in total. The molecule has 2 rings (SSSR count). The molecule has 0 atom stereocenters. The predicted octanol–water partition coefficient (Wildman–Crippen LogP) is 4.58. The van der Waals surface area contributed by atoms with Crippen LogP contribution in [0, 0.1) is 10.1 Å². The molecule has 0 unspecified atom stereocenters. The third-order valence-corrected chi connectivity index (χ3v) is 4.06. The van der Waals surface area contributed by atoms with E-state index in [0.717, 1.165) is 12.1 Å². The molecule has 0 fully saturated rings. The number of nitrogens with one attached hydrogen (secondary N) is 4. The van der Waals surface area contributed by atoms with Gasteiger partial charge in [0.05, 0.1) is 21.9 Å². The number of halogens is 3. The minimum absolute atomic E-state index is 0.0680. The number of amides is 3. The third-order valence-electron chi connectivity index (χ3n) is 4.06. The van der Waals surface area contributed by atoms with E-state index >= 15 is 0 Å². The van der Waals surface area contributed by atoms with Crippen LogP contribution in [0.1, 0.15) is 25.8 Å². The first-order valence-electron chi connectivity index (χ1n) is 9.53. The number of alkyl halides is 3. The van der Waals surface area contributed by atoms with Crippen molar-refractivity contribution in [2.45, 2.75) is 32.5 Å². The summed E-state index contributed by atoms with van der Waals surface area (Å²) < 4.78 is 38.3. The van der Waals surface area contributed by atoms with Crippen LogP contribution in [0.15, 0.2) is 42.5 Å². The molecule has 0 saturated heterocycles. The Hall–Kier alpha value is -3.83. The second kappa shape index (κ2) is 10.5. The molecule has 3 amide bonds. The van der Waals surface area contributed by atoms with Crippen LogP contribution in [0.5, 0.6) is 0 Å². The Labute approximate surface area is 181 Å². The molecule has 172 valence electrons. The Bertz CT molecular complexity index is 995. The molecule has 0 aliphatic heterocycles. The Balaban J connectivity index is 1.99. The third kappa shape index (κ3) is 7.15. The molecule has 0 radical (unpaired) electrons. The molecule has 12 heteroatoms. The van der Waals surface area contributed by atoms with Gasteiger partial charge in [-0.15, -0.1) is 0 Å². The maximum atomic E-state index is 12.8. The highest BCUT2D eigenvalue weighted by atomic mass is 19.4. The topological polar surface area (TPSA) is 125 Å². The molecular weight excluding hydrogens is 431 g/mol. The van der Waals surface area contributed by atoms with E-state index in [1.165, 1.54) is 0 Å². The first-order chi connectivity index (χ1) is 15.0. The first kappa shape index (κ1) is 24.4. The van der Waals surface area contributed by atoms with E-state index in [1.54, 1.807) is 38.1 Å². The number of carbonyl (C=O) groups excluding carboxylic acids is 2. The standard InChI is InChI=1S/C20H22F3N5O4/c1-12(2)25-19(30)27-15-6-4-3-5-14(15)26-18(29)9-10-24-16-8-7-13(20(21,22)23)11-17(16)28(31)32/h3-8,11-12,24H,9-10H2,1-2H3,(H,26,29)(H2,25,27,30). The summed E-state index contributed by atoms with van der Waals surface area (Å²) in [4.78, 5) is 34.3. The van der Waals surface area contributed by atoms with Gasteiger partial charge in [-0.2, -0.15) is 13.2 Å². The van der Waals surface area contributed by atoms with Gasteiger partial charge < -0.3 is 21.3 Å². The van der Waals surface area contributed by atoms with Crippen molar-refractivity contribution in [2.24, 2.45) is 0 Å². The summed E-state index contributed by atoms with van der Waals surface area (Å²) in [6.45, 7) is 3.52. The molecule has 4 N–H and O–H groups in total. The number of nitrogens with zero attached hydrogens (tertiary/aromatic N) is 1. The number of benzene rings is 2. The Morgan fingerprint density at radius 2 is 1.66 bits per heavy atom. The maximum Gasteiger partial charge on any atom is 0.416 e. The van der Waals surface area contributed by atoms with Crippen molar-refractivity contribution in [3.05, 3.63) is 58.1 Å². The van der Waals surface area contributed by atoms with Crippen molar-refractivity contribution >= 4 is 34.7 Å². The number of rotatable bonds is 8. The second-order valence-electron chi connectivity index (χ2n) is 7.01. The lowest BCUT2D eigenvalue weighted by atomic mass is 10.1. The highest BCUT2D eigenvalue weighted by molar-refractivity contribution is 5.99. The van der Waals surface area contributed by atoms with Crippen LogP contribution < -0.4 is 21.3 Å². The lowest BCUT2D eigenvalue weighted by Crippen LogP contribution is -2.34. The average molecular weight is 453 g/mol. The molecular formula is C20H22F3N5O4. The molecule has 0 bridgehead atoms. The van der Waals surface area contributed by atoms with E-state index in [4.69, 9.17) is 0 Å². The van der Waals surface area contributed by atoms with E-state index < -0.39 is 34.3 Å². The van der Waals surface area contributed by atoms with Crippen molar-refractivity contribution < 1.29 is 27.7 Å². The van der Waals surface area contributed by atoms with Gasteiger partial charge in [0, 0.05) is 25.1 Å². The van der Waals surface area contributed by atoms with E-state index in [2.05, 4.69) is 21.3 Å². The summed E-state index contributed by atoms with van der Waals surface area (Å²) in [5.74, 6) is -0.467. The minimum Gasteiger partial charge on any atom is -0.379 e. The van der Waals surface area contributed by atoms with Crippen molar-refractivity contribution in [1.29, 1.82) is 0 Å². The van der Waals surface area contributed by atoms with Crippen molar-refractivity contribution in [3.8, 4) is 0 Å². The quantitative estimate of drug-likeness (QED) is 0.344. The van der Waals surface area contributed by atoms with Crippen LogP contribution >= 0.6 is 0 Å². The molecule has 0 aliphatic carbocycles. The minimum atomic E-state index is -4.71. The predicted molar refractivity (Wildman–Crippen MR) is 114 cm³/mol. The lowest BCUT2D eigenvalue weighted by molar-refractivity contribution is -0.384. The zero-order chi connectivity index (χ0) is 23.9. The summed E-state index contributed by atoms with van der Waals surface area (Å²) >= 11 is 0. The molecule has 0 saturated carbocycles. The number of para-hydroxylation sites is 2. The molecule has 2 aromatic rings. The van der Waals surface area contributed by atoms with Gasteiger partial charge in [-0.3, -0.25) is 14.9 Å². The Kier molecular flexibility index (Phi) is 7.99. The normalized spacial score (nSPS) is 11.1. The fourth-order valence-electron chi connectivity index (χ4n) is 2.65. The largest absolute Gasteiger partial charge is 0.416 e. The van der Waals surface area contributed by atoms with Gasteiger partial charge in [0.15, 0.2) is 0 Å². The number of urea groups is 1. The van der Waals surface area contributed by atoms with Crippen LogP contribution in [0.4, 0.5) is 40.7 Å². The van der Waals surface area contributed by atoms with Crippen molar-refractivity contribution in [3.63, 3.8) is 0 Å². The van der Waals surface area contributed by atoms with Gasteiger partial charge >= 0.3 is 12.2 Å². The molecule has 32 heavy (non-hydrogen) atoms. The highest BCUT2D eigenvalue weighted by Gasteiger charge is 2.33. The van der Waals surface area contributed by atoms with Gasteiger partial charge in [0.2, 0.25) is 5.91 Å². The van der Waals surface area contributed by atoms with Crippen molar-refractivity contribution in [2.75, 3.05) is 22.5 Å². The van der Waals surface area contributed by atoms with Gasteiger partial charge in [0.1, 0.15) is 5.69 Å².